The molecule has 1 aliphatic heterocycles. The Kier molecular flexibility index (Phi) is 2.50. The summed E-state index contributed by atoms with van der Waals surface area (Å²) in [6.07, 6.45) is 2.59. The van der Waals surface area contributed by atoms with Gasteiger partial charge in [0.25, 0.3) is 0 Å². The molecule has 3 heteroatoms. The van der Waals surface area contributed by atoms with Crippen LogP contribution in [0.2, 0.25) is 0 Å². The van der Waals surface area contributed by atoms with E-state index in [9.17, 15) is 0 Å². The van der Waals surface area contributed by atoms with Gasteiger partial charge in [-0.15, -0.1) is 0 Å². The van der Waals surface area contributed by atoms with Crippen LogP contribution >= 0.6 is 0 Å². The van der Waals surface area contributed by atoms with Crippen molar-refractivity contribution in [2.75, 3.05) is 19.7 Å². The number of rotatable bonds is 2. The van der Waals surface area contributed by atoms with Crippen LogP contribution in [0, 0.1) is 17.2 Å². The third kappa shape index (κ3) is 1.77. The lowest BCUT2D eigenvalue weighted by molar-refractivity contribution is -0.114. The topological polar surface area (TPSA) is 36.3 Å². The molecule has 1 saturated heterocycles. The minimum atomic E-state index is 0.0172. The van der Waals surface area contributed by atoms with Crippen molar-refractivity contribution in [3.63, 3.8) is 0 Å². The molecule has 0 bridgehead atoms. The summed E-state index contributed by atoms with van der Waals surface area (Å²) in [4.78, 5) is 2.24. The van der Waals surface area contributed by atoms with Crippen molar-refractivity contribution in [3.8, 4) is 6.07 Å². The summed E-state index contributed by atoms with van der Waals surface area (Å²) in [5, 5.41) is 8.88. The average molecular weight is 194 g/mol. The minimum absolute atomic E-state index is 0.0172. The summed E-state index contributed by atoms with van der Waals surface area (Å²) in [7, 11) is 0. The fraction of sp³-hybridized carbons (Fsp3) is 0.909. The van der Waals surface area contributed by atoms with Crippen LogP contribution in [0.25, 0.3) is 0 Å². The van der Waals surface area contributed by atoms with Crippen molar-refractivity contribution in [3.05, 3.63) is 0 Å². The van der Waals surface area contributed by atoms with Crippen molar-refractivity contribution in [1.82, 2.24) is 4.90 Å². The van der Waals surface area contributed by atoms with Gasteiger partial charge >= 0.3 is 0 Å². The molecule has 3 nitrogen and oxygen atoms in total. The quantitative estimate of drug-likeness (QED) is 0.666. The summed E-state index contributed by atoms with van der Waals surface area (Å²) >= 11 is 0. The third-order valence-electron chi connectivity index (χ3n) is 3.50. The fourth-order valence-electron chi connectivity index (χ4n) is 2.28. The molecule has 2 fully saturated rings. The zero-order valence-corrected chi connectivity index (χ0v) is 8.99. The molecule has 2 atom stereocenters. The number of nitrogens with zero attached hydrogens (tertiary/aromatic N) is 2. The van der Waals surface area contributed by atoms with Gasteiger partial charge in [-0.1, -0.05) is 0 Å². The molecule has 2 aliphatic rings. The molecule has 0 N–H and O–H groups in total. The lowest BCUT2D eigenvalue weighted by atomic mass is 9.97. The van der Waals surface area contributed by atoms with Gasteiger partial charge in [0.05, 0.1) is 24.3 Å². The maximum Gasteiger partial charge on any atom is 0.0951 e. The van der Waals surface area contributed by atoms with Crippen LogP contribution in [0.1, 0.15) is 26.7 Å². The van der Waals surface area contributed by atoms with Crippen LogP contribution in [0.3, 0.4) is 0 Å². The van der Waals surface area contributed by atoms with Crippen LogP contribution in [0.15, 0.2) is 0 Å². The summed E-state index contributed by atoms with van der Waals surface area (Å²) in [6, 6.07) is 2.33. The molecular formula is C11H18N2O. The second-order valence-corrected chi connectivity index (χ2v) is 4.71. The molecule has 1 heterocycles. The molecule has 0 spiro atoms. The molecule has 1 aliphatic carbocycles. The van der Waals surface area contributed by atoms with Gasteiger partial charge in [0, 0.05) is 13.1 Å². The maximum absolute atomic E-state index is 8.88. The molecule has 0 aromatic rings. The van der Waals surface area contributed by atoms with E-state index in [2.05, 4.69) is 17.9 Å². The van der Waals surface area contributed by atoms with Gasteiger partial charge in [-0.05, 0) is 32.6 Å². The van der Waals surface area contributed by atoms with Crippen LogP contribution < -0.4 is 0 Å². The average Bonchev–Trinajstić information content (AvgIpc) is 3.00. The Morgan fingerprint density at radius 2 is 2.29 bits per heavy atom. The van der Waals surface area contributed by atoms with E-state index in [1.165, 1.54) is 12.8 Å². The Balaban J connectivity index is 2.00. The van der Waals surface area contributed by atoms with E-state index in [-0.39, 0.29) is 11.6 Å². The lowest BCUT2D eigenvalue weighted by Crippen LogP contribution is -2.53. The van der Waals surface area contributed by atoms with Crippen molar-refractivity contribution >= 4 is 0 Å². The Morgan fingerprint density at radius 1 is 1.57 bits per heavy atom. The molecule has 78 valence electrons. The molecule has 0 radical (unpaired) electrons. The van der Waals surface area contributed by atoms with Gasteiger partial charge in [-0.3, -0.25) is 4.90 Å². The third-order valence-corrected chi connectivity index (χ3v) is 3.50. The van der Waals surface area contributed by atoms with Crippen LogP contribution in [-0.4, -0.2) is 36.2 Å². The van der Waals surface area contributed by atoms with E-state index in [0.717, 1.165) is 25.6 Å². The van der Waals surface area contributed by atoms with Crippen molar-refractivity contribution < 1.29 is 4.74 Å². The van der Waals surface area contributed by atoms with E-state index >= 15 is 0 Å². The first kappa shape index (κ1) is 9.95. The number of ether oxygens (including phenoxy) is 1. The predicted octanol–water partition coefficient (Wildman–Crippen LogP) is 1.40. The van der Waals surface area contributed by atoms with Gasteiger partial charge < -0.3 is 4.74 Å². The largest absolute Gasteiger partial charge is 0.372 e. The van der Waals surface area contributed by atoms with Crippen molar-refractivity contribution in [2.45, 2.75) is 38.3 Å². The highest BCUT2D eigenvalue weighted by Crippen LogP contribution is 2.43. The molecule has 0 amide bonds. The van der Waals surface area contributed by atoms with Crippen LogP contribution in [0.5, 0.6) is 0 Å². The first-order chi connectivity index (χ1) is 6.65. The van der Waals surface area contributed by atoms with Gasteiger partial charge in [0.15, 0.2) is 0 Å². The monoisotopic (exact) mass is 194 g/mol. The Hall–Kier alpha value is -0.590. The molecular weight excluding hydrogens is 176 g/mol. The zero-order chi connectivity index (χ0) is 10.2. The summed E-state index contributed by atoms with van der Waals surface area (Å²) in [5.41, 5.74) is 0.0172. The summed E-state index contributed by atoms with van der Waals surface area (Å²) in [6.45, 7) is 6.77. The molecule has 0 aromatic carbocycles. The van der Waals surface area contributed by atoms with E-state index in [1.54, 1.807) is 0 Å². The van der Waals surface area contributed by atoms with Crippen LogP contribution in [0.4, 0.5) is 0 Å². The number of nitriles is 1. The van der Waals surface area contributed by atoms with E-state index in [1.807, 2.05) is 6.92 Å². The molecule has 0 aromatic heterocycles. The van der Waals surface area contributed by atoms with Crippen LogP contribution in [-0.2, 0) is 4.74 Å². The maximum atomic E-state index is 8.88. The Morgan fingerprint density at radius 3 is 2.86 bits per heavy atom. The van der Waals surface area contributed by atoms with Gasteiger partial charge in [-0.2, -0.15) is 5.26 Å². The highest BCUT2D eigenvalue weighted by atomic mass is 16.5. The number of hydrogen-bond donors (Lipinski definition) is 0. The minimum Gasteiger partial charge on any atom is -0.372 e. The smallest absolute Gasteiger partial charge is 0.0951 e. The van der Waals surface area contributed by atoms with Gasteiger partial charge in [0.1, 0.15) is 0 Å². The second kappa shape index (κ2) is 3.52. The standard InChI is InChI=1S/C11H18N2O/c1-9(7-12)13-5-6-14-11(2,8-13)10-3-4-10/h9-10H,3-6,8H2,1-2H3. The molecule has 14 heavy (non-hydrogen) atoms. The van der Waals surface area contributed by atoms with E-state index < -0.39 is 0 Å². The normalized spacial score (nSPS) is 36.4. The molecule has 2 unspecified atom stereocenters. The first-order valence-electron chi connectivity index (χ1n) is 5.43. The Labute approximate surface area is 85.6 Å². The number of hydrogen-bond acceptors (Lipinski definition) is 3. The zero-order valence-electron chi connectivity index (χ0n) is 8.99. The SMILES string of the molecule is CC(C#N)N1CCOC(C)(C2CC2)C1. The van der Waals surface area contributed by atoms with Gasteiger partial charge in [-0.25, -0.2) is 0 Å². The predicted molar refractivity (Wildman–Crippen MR) is 53.7 cm³/mol. The van der Waals surface area contributed by atoms with Crippen molar-refractivity contribution in [1.29, 1.82) is 5.26 Å². The summed E-state index contributed by atoms with van der Waals surface area (Å²) < 4.78 is 5.86. The Bertz CT molecular complexity index is 257. The lowest BCUT2D eigenvalue weighted by Gasteiger charge is -2.41. The van der Waals surface area contributed by atoms with E-state index in [0.29, 0.717) is 0 Å². The van der Waals surface area contributed by atoms with Gasteiger partial charge in [0.2, 0.25) is 0 Å². The molecule has 1 saturated carbocycles. The van der Waals surface area contributed by atoms with Crippen molar-refractivity contribution in [2.24, 2.45) is 5.92 Å². The highest BCUT2D eigenvalue weighted by molar-refractivity contribution is 5.00. The highest BCUT2D eigenvalue weighted by Gasteiger charge is 2.45. The van der Waals surface area contributed by atoms with E-state index in [4.69, 9.17) is 10.00 Å². The first-order valence-corrected chi connectivity index (χ1v) is 5.43. The molecule has 2 rings (SSSR count). The number of morpholine rings is 1. The fourth-order valence-corrected chi connectivity index (χ4v) is 2.28. The second-order valence-electron chi connectivity index (χ2n) is 4.71. The summed E-state index contributed by atoms with van der Waals surface area (Å²) in [5.74, 6) is 0.733.